The largest absolute Gasteiger partial charge is 0.477 e. The Kier molecular flexibility index (Phi) is 4.07. The van der Waals surface area contributed by atoms with Crippen LogP contribution in [0.15, 0.2) is 12.1 Å². The zero-order valence-electron chi connectivity index (χ0n) is 11.9. The Morgan fingerprint density at radius 3 is 2.91 bits per heavy atom. The lowest BCUT2D eigenvalue weighted by Crippen LogP contribution is -2.45. The molecule has 1 aliphatic heterocycles. The Morgan fingerprint density at radius 2 is 2.26 bits per heavy atom. The third-order valence-corrected chi connectivity index (χ3v) is 4.84. The van der Waals surface area contributed by atoms with Crippen LogP contribution in [0.4, 0.5) is 8.78 Å². The zero-order valence-corrected chi connectivity index (χ0v) is 12.7. The number of thiophene rings is 1. The topological polar surface area (TPSA) is 91.4 Å². The molecule has 1 saturated heterocycles. The first-order valence-electron chi connectivity index (χ1n) is 6.96. The van der Waals surface area contributed by atoms with Gasteiger partial charge in [-0.1, -0.05) is 0 Å². The minimum atomic E-state index is -2.85. The number of amides is 1. The molecule has 0 aromatic carbocycles. The van der Waals surface area contributed by atoms with Crippen LogP contribution >= 0.6 is 11.3 Å². The number of carbonyl (C=O) groups excluding carboxylic acids is 1. The summed E-state index contributed by atoms with van der Waals surface area (Å²) in [5.41, 5.74) is 0.743. The highest BCUT2D eigenvalue weighted by Crippen LogP contribution is 2.32. The molecule has 0 saturated carbocycles. The summed E-state index contributed by atoms with van der Waals surface area (Å²) < 4.78 is 33.0. The third-order valence-electron chi connectivity index (χ3n) is 3.77. The number of hydrogen-bond acceptors (Lipinski definition) is 4. The standard InChI is InChI=1S/C14H14F2N2O4S/c15-14(16)1-2-22-6-7(14)5-17-12(19)9-4-10-8(18-9)3-11(23-10)13(20)21/h3-4,7,18H,1-2,5-6H2,(H,17,19)(H,20,21). The molecule has 1 atom stereocenters. The molecule has 1 amide bonds. The molecule has 124 valence electrons. The first-order chi connectivity index (χ1) is 10.9. The van der Waals surface area contributed by atoms with Crippen molar-refractivity contribution in [3.8, 4) is 0 Å². The quantitative estimate of drug-likeness (QED) is 0.794. The van der Waals surface area contributed by atoms with Crippen LogP contribution in [0.5, 0.6) is 0 Å². The number of aromatic nitrogens is 1. The number of halogens is 2. The van der Waals surface area contributed by atoms with Crippen molar-refractivity contribution in [1.82, 2.24) is 10.3 Å². The first-order valence-corrected chi connectivity index (χ1v) is 7.78. The number of carboxylic acid groups (broad SMARTS) is 1. The summed E-state index contributed by atoms with van der Waals surface area (Å²) in [7, 11) is 0. The number of ether oxygens (including phenoxy) is 1. The van der Waals surface area contributed by atoms with E-state index >= 15 is 0 Å². The van der Waals surface area contributed by atoms with Crippen LogP contribution in [0, 0.1) is 5.92 Å². The van der Waals surface area contributed by atoms with E-state index in [9.17, 15) is 18.4 Å². The Bertz CT molecular complexity index is 724. The molecule has 0 radical (unpaired) electrons. The highest BCUT2D eigenvalue weighted by Gasteiger charge is 2.42. The molecule has 1 aliphatic rings. The van der Waals surface area contributed by atoms with E-state index in [0.29, 0.717) is 10.2 Å². The van der Waals surface area contributed by atoms with E-state index in [0.717, 1.165) is 11.3 Å². The van der Waals surface area contributed by atoms with E-state index in [1.54, 1.807) is 0 Å². The summed E-state index contributed by atoms with van der Waals surface area (Å²) in [6.07, 6.45) is -0.344. The Balaban J connectivity index is 1.66. The highest BCUT2D eigenvalue weighted by molar-refractivity contribution is 7.20. The maximum absolute atomic E-state index is 13.7. The van der Waals surface area contributed by atoms with Crippen molar-refractivity contribution in [2.45, 2.75) is 12.3 Å². The Morgan fingerprint density at radius 1 is 1.48 bits per heavy atom. The van der Waals surface area contributed by atoms with E-state index < -0.39 is 23.7 Å². The lowest BCUT2D eigenvalue weighted by molar-refractivity contribution is -0.138. The van der Waals surface area contributed by atoms with Crippen molar-refractivity contribution in [3.05, 3.63) is 22.7 Å². The van der Waals surface area contributed by atoms with E-state index in [1.165, 1.54) is 12.1 Å². The minimum Gasteiger partial charge on any atom is -0.477 e. The molecule has 3 rings (SSSR count). The molecule has 0 spiro atoms. The number of nitrogens with one attached hydrogen (secondary N) is 2. The van der Waals surface area contributed by atoms with Crippen molar-refractivity contribution in [2.24, 2.45) is 5.92 Å². The summed E-state index contributed by atoms with van der Waals surface area (Å²) in [6.45, 7) is -0.246. The first kappa shape index (κ1) is 15.9. The average Bonchev–Trinajstić information content (AvgIpc) is 3.03. The predicted octanol–water partition coefficient (Wildman–Crippen LogP) is 2.33. The third kappa shape index (κ3) is 3.20. The van der Waals surface area contributed by atoms with Crippen LogP contribution in [0.25, 0.3) is 10.2 Å². The predicted molar refractivity (Wildman–Crippen MR) is 79.3 cm³/mol. The van der Waals surface area contributed by atoms with Crippen molar-refractivity contribution in [2.75, 3.05) is 19.8 Å². The maximum atomic E-state index is 13.7. The normalized spacial score (nSPS) is 20.5. The fourth-order valence-corrected chi connectivity index (χ4v) is 3.33. The van der Waals surface area contributed by atoms with Crippen LogP contribution in [-0.2, 0) is 4.74 Å². The van der Waals surface area contributed by atoms with Crippen LogP contribution in [-0.4, -0.2) is 47.6 Å². The van der Waals surface area contributed by atoms with E-state index in [2.05, 4.69) is 10.3 Å². The van der Waals surface area contributed by atoms with Gasteiger partial charge in [0.1, 0.15) is 10.6 Å². The number of hydrogen-bond donors (Lipinski definition) is 3. The van der Waals surface area contributed by atoms with E-state index in [1.807, 2.05) is 0 Å². The van der Waals surface area contributed by atoms with Gasteiger partial charge in [-0.2, -0.15) is 0 Å². The SMILES string of the molecule is O=C(NCC1COCCC1(F)F)c1cc2sc(C(=O)O)cc2[nH]1. The van der Waals surface area contributed by atoms with Crippen LogP contribution in [0.3, 0.4) is 0 Å². The number of H-pyrrole nitrogens is 1. The molecule has 0 aliphatic carbocycles. The van der Waals surface area contributed by atoms with Gasteiger partial charge in [-0.15, -0.1) is 11.3 Å². The molecular weight excluding hydrogens is 330 g/mol. The second kappa shape index (κ2) is 5.89. The Hall–Kier alpha value is -2.00. The van der Waals surface area contributed by atoms with E-state index in [4.69, 9.17) is 9.84 Å². The van der Waals surface area contributed by atoms with Crippen LogP contribution in [0.2, 0.25) is 0 Å². The van der Waals surface area contributed by atoms with Gasteiger partial charge in [0.25, 0.3) is 11.8 Å². The molecule has 2 aromatic heterocycles. The molecule has 6 nitrogen and oxygen atoms in total. The lowest BCUT2D eigenvalue weighted by Gasteiger charge is -2.31. The molecule has 3 heterocycles. The average molecular weight is 344 g/mol. The molecule has 0 bridgehead atoms. The van der Waals surface area contributed by atoms with Crippen LogP contribution < -0.4 is 5.32 Å². The molecule has 2 aromatic rings. The molecule has 1 fully saturated rings. The highest BCUT2D eigenvalue weighted by atomic mass is 32.1. The second-order valence-electron chi connectivity index (χ2n) is 5.37. The number of alkyl halides is 2. The molecule has 3 N–H and O–H groups in total. The maximum Gasteiger partial charge on any atom is 0.345 e. The van der Waals surface area contributed by atoms with Gasteiger partial charge in [0.05, 0.1) is 29.3 Å². The van der Waals surface area contributed by atoms with Gasteiger partial charge >= 0.3 is 5.97 Å². The number of carbonyl (C=O) groups is 2. The van der Waals surface area contributed by atoms with E-state index in [-0.39, 0.29) is 36.8 Å². The molecule has 9 heteroatoms. The number of fused-ring (bicyclic) bond motifs is 1. The summed E-state index contributed by atoms with van der Waals surface area (Å²) in [4.78, 5) is 25.9. The van der Waals surface area contributed by atoms with Crippen LogP contribution in [0.1, 0.15) is 26.6 Å². The van der Waals surface area contributed by atoms with Crippen molar-refractivity contribution >= 4 is 33.4 Å². The van der Waals surface area contributed by atoms with Gasteiger partial charge in [0, 0.05) is 13.0 Å². The van der Waals surface area contributed by atoms with Gasteiger partial charge < -0.3 is 20.1 Å². The smallest absolute Gasteiger partial charge is 0.345 e. The summed E-state index contributed by atoms with van der Waals surface area (Å²) in [6, 6.07) is 2.94. The number of aromatic amines is 1. The number of aromatic carboxylic acids is 1. The summed E-state index contributed by atoms with van der Waals surface area (Å²) in [5, 5.41) is 11.4. The Labute approximate surface area is 133 Å². The fraction of sp³-hybridized carbons (Fsp3) is 0.429. The van der Waals surface area contributed by atoms with Crippen molar-refractivity contribution < 1.29 is 28.2 Å². The van der Waals surface area contributed by atoms with Gasteiger partial charge in [-0.05, 0) is 12.1 Å². The van der Waals surface area contributed by atoms with Gasteiger partial charge in [0.15, 0.2) is 0 Å². The van der Waals surface area contributed by atoms with Crippen molar-refractivity contribution in [1.29, 1.82) is 0 Å². The summed E-state index contributed by atoms with van der Waals surface area (Å²) in [5.74, 6) is -5.44. The second-order valence-corrected chi connectivity index (χ2v) is 6.45. The van der Waals surface area contributed by atoms with Gasteiger partial charge in [0.2, 0.25) is 0 Å². The fourth-order valence-electron chi connectivity index (χ4n) is 2.43. The molecular formula is C14H14F2N2O4S. The van der Waals surface area contributed by atoms with Gasteiger partial charge in [-0.3, -0.25) is 4.79 Å². The van der Waals surface area contributed by atoms with Crippen molar-refractivity contribution in [3.63, 3.8) is 0 Å². The summed E-state index contributed by atoms with van der Waals surface area (Å²) >= 11 is 1.04. The number of carboxylic acids is 1. The minimum absolute atomic E-state index is 0.0241. The lowest BCUT2D eigenvalue weighted by atomic mass is 9.97. The number of rotatable bonds is 4. The molecule has 1 unspecified atom stereocenters. The molecule has 23 heavy (non-hydrogen) atoms. The monoisotopic (exact) mass is 344 g/mol. The van der Waals surface area contributed by atoms with Gasteiger partial charge in [-0.25, -0.2) is 13.6 Å². The zero-order chi connectivity index (χ0) is 16.6.